The van der Waals surface area contributed by atoms with Gasteiger partial charge >= 0.3 is 12.1 Å². The molecule has 0 fully saturated rings. The van der Waals surface area contributed by atoms with Gasteiger partial charge in [-0.3, -0.25) is 0 Å². The van der Waals surface area contributed by atoms with Crippen LogP contribution in [-0.4, -0.2) is 26.6 Å². The SMILES string of the molecule is CC(C)Oc1cc2nc(C(F)(F)F)cn2cc1C(=O)O. The van der Waals surface area contributed by atoms with E-state index in [1.165, 1.54) is 6.07 Å². The first-order chi connectivity index (χ1) is 9.18. The third-order valence-electron chi connectivity index (χ3n) is 2.44. The zero-order valence-corrected chi connectivity index (χ0v) is 10.6. The number of nitrogens with zero attached hydrogens (tertiary/aromatic N) is 2. The van der Waals surface area contributed by atoms with Crippen molar-refractivity contribution in [3.63, 3.8) is 0 Å². The number of carboxylic acids is 1. The van der Waals surface area contributed by atoms with E-state index in [1.54, 1.807) is 13.8 Å². The Morgan fingerprint density at radius 2 is 2.05 bits per heavy atom. The summed E-state index contributed by atoms with van der Waals surface area (Å²) < 4.78 is 44.0. The van der Waals surface area contributed by atoms with Gasteiger partial charge in [0.15, 0.2) is 5.69 Å². The van der Waals surface area contributed by atoms with Gasteiger partial charge in [-0.2, -0.15) is 13.2 Å². The van der Waals surface area contributed by atoms with E-state index < -0.39 is 17.8 Å². The summed E-state index contributed by atoms with van der Waals surface area (Å²) in [4.78, 5) is 14.5. The van der Waals surface area contributed by atoms with Crippen molar-refractivity contribution in [2.45, 2.75) is 26.1 Å². The summed E-state index contributed by atoms with van der Waals surface area (Å²) in [6.45, 7) is 3.37. The zero-order chi connectivity index (χ0) is 15.1. The van der Waals surface area contributed by atoms with Crippen molar-refractivity contribution in [2.75, 3.05) is 0 Å². The van der Waals surface area contributed by atoms with Gasteiger partial charge in [-0.15, -0.1) is 0 Å². The van der Waals surface area contributed by atoms with Crippen molar-refractivity contribution >= 4 is 11.6 Å². The maximum Gasteiger partial charge on any atom is 0.434 e. The van der Waals surface area contributed by atoms with Gasteiger partial charge in [0.2, 0.25) is 0 Å². The van der Waals surface area contributed by atoms with Gasteiger partial charge in [0.25, 0.3) is 0 Å². The van der Waals surface area contributed by atoms with Crippen LogP contribution < -0.4 is 4.74 Å². The van der Waals surface area contributed by atoms with Crippen molar-refractivity contribution in [3.8, 4) is 5.75 Å². The fourth-order valence-corrected chi connectivity index (χ4v) is 1.66. The summed E-state index contributed by atoms with van der Waals surface area (Å²) in [6, 6.07) is 1.18. The molecule has 0 aliphatic heterocycles. The molecule has 0 unspecified atom stereocenters. The monoisotopic (exact) mass is 288 g/mol. The van der Waals surface area contributed by atoms with E-state index in [9.17, 15) is 18.0 Å². The van der Waals surface area contributed by atoms with Crippen LogP contribution >= 0.6 is 0 Å². The standard InChI is InChI=1S/C12H11F3N2O3/c1-6(2)20-8-3-10-16-9(12(13,14)15)5-17(10)4-7(8)11(18)19/h3-6H,1-2H3,(H,18,19). The molecule has 2 heterocycles. The van der Waals surface area contributed by atoms with Gasteiger partial charge in [0.05, 0.1) is 6.10 Å². The van der Waals surface area contributed by atoms with Gasteiger partial charge in [0, 0.05) is 18.5 Å². The predicted octanol–water partition coefficient (Wildman–Crippen LogP) is 2.84. The van der Waals surface area contributed by atoms with Crippen molar-refractivity contribution in [1.29, 1.82) is 0 Å². The average molecular weight is 288 g/mol. The lowest BCUT2D eigenvalue weighted by Gasteiger charge is -2.12. The van der Waals surface area contributed by atoms with Crippen LogP contribution in [0.15, 0.2) is 18.5 Å². The first-order valence-corrected chi connectivity index (χ1v) is 5.68. The number of aromatic carboxylic acids is 1. The Morgan fingerprint density at radius 1 is 1.40 bits per heavy atom. The lowest BCUT2D eigenvalue weighted by molar-refractivity contribution is -0.140. The number of alkyl halides is 3. The summed E-state index contributed by atoms with van der Waals surface area (Å²) in [5.74, 6) is -1.30. The molecule has 0 aliphatic carbocycles. The number of carboxylic acid groups (broad SMARTS) is 1. The minimum Gasteiger partial charge on any atom is -0.490 e. The minimum absolute atomic E-state index is 0.0145. The molecule has 0 atom stereocenters. The highest BCUT2D eigenvalue weighted by Crippen LogP contribution is 2.30. The van der Waals surface area contributed by atoms with Gasteiger partial charge < -0.3 is 14.2 Å². The Hall–Kier alpha value is -2.25. The second-order valence-electron chi connectivity index (χ2n) is 4.41. The van der Waals surface area contributed by atoms with Crippen LogP contribution in [0.5, 0.6) is 5.75 Å². The Kier molecular flexibility index (Phi) is 3.33. The largest absolute Gasteiger partial charge is 0.490 e. The Labute approximate surface area is 111 Å². The first-order valence-electron chi connectivity index (χ1n) is 5.68. The molecule has 8 heteroatoms. The number of rotatable bonds is 3. The third kappa shape index (κ3) is 2.68. The number of pyridine rings is 1. The van der Waals surface area contributed by atoms with E-state index in [2.05, 4.69) is 4.98 Å². The number of halogens is 3. The van der Waals surface area contributed by atoms with E-state index in [4.69, 9.17) is 9.84 Å². The highest BCUT2D eigenvalue weighted by Gasteiger charge is 2.34. The molecule has 0 aromatic carbocycles. The number of imidazole rings is 1. The second-order valence-corrected chi connectivity index (χ2v) is 4.41. The van der Waals surface area contributed by atoms with Crippen molar-refractivity contribution in [2.24, 2.45) is 0 Å². The molecule has 0 bridgehead atoms. The fraction of sp³-hybridized carbons (Fsp3) is 0.333. The lowest BCUT2D eigenvalue weighted by atomic mass is 10.2. The number of carbonyl (C=O) groups is 1. The minimum atomic E-state index is -4.59. The summed E-state index contributed by atoms with van der Waals surface area (Å²) in [5, 5.41) is 9.07. The summed E-state index contributed by atoms with van der Waals surface area (Å²) in [6.07, 6.45) is -3.11. The second kappa shape index (κ2) is 4.69. The Bertz CT molecular complexity index is 662. The van der Waals surface area contributed by atoms with Crippen LogP contribution in [0.25, 0.3) is 5.65 Å². The number of fused-ring (bicyclic) bond motifs is 1. The maximum atomic E-state index is 12.6. The van der Waals surface area contributed by atoms with Crippen molar-refractivity contribution in [3.05, 3.63) is 29.7 Å². The van der Waals surface area contributed by atoms with E-state index in [0.717, 1.165) is 16.8 Å². The van der Waals surface area contributed by atoms with E-state index in [1.807, 2.05) is 0 Å². The summed E-state index contributed by atoms with van der Waals surface area (Å²) >= 11 is 0. The zero-order valence-electron chi connectivity index (χ0n) is 10.6. The van der Waals surface area contributed by atoms with Crippen LogP contribution in [-0.2, 0) is 6.18 Å². The van der Waals surface area contributed by atoms with Gasteiger partial charge in [-0.1, -0.05) is 0 Å². The highest BCUT2D eigenvalue weighted by molar-refractivity contribution is 5.91. The number of hydrogen-bond acceptors (Lipinski definition) is 3. The first kappa shape index (κ1) is 14.2. The van der Waals surface area contributed by atoms with Crippen LogP contribution in [0.3, 0.4) is 0 Å². The third-order valence-corrected chi connectivity index (χ3v) is 2.44. The molecule has 0 saturated heterocycles. The molecule has 2 rings (SSSR count). The molecule has 0 saturated carbocycles. The van der Waals surface area contributed by atoms with Crippen LogP contribution in [0.1, 0.15) is 29.9 Å². The van der Waals surface area contributed by atoms with Crippen molar-refractivity contribution in [1.82, 2.24) is 9.38 Å². The highest BCUT2D eigenvalue weighted by atomic mass is 19.4. The fourth-order valence-electron chi connectivity index (χ4n) is 1.66. The molecule has 0 radical (unpaired) electrons. The summed E-state index contributed by atoms with van der Waals surface area (Å²) in [5.41, 5.74) is -1.34. The molecular formula is C12H11F3N2O3. The molecule has 2 aromatic rings. The molecule has 108 valence electrons. The normalized spacial score (nSPS) is 12.1. The number of hydrogen-bond donors (Lipinski definition) is 1. The van der Waals surface area contributed by atoms with Crippen molar-refractivity contribution < 1.29 is 27.8 Å². The van der Waals surface area contributed by atoms with Crippen LogP contribution in [0.2, 0.25) is 0 Å². The van der Waals surface area contributed by atoms with E-state index in [0.29, 0.717) is 0 Å². The molecule has 1 N–H and O–H groups in total. The predicted molar refractivity (Wildman–Crippen MR) is 62.9 cm³/mol. The van der Waals surface area contributed by atoms with Gasteiger partial charge in [-0.25, -0.2) is 9.78 Å². The molecule has 2 aromatic heterocycles. The molecule has 5 nitrogen and oxygen atoms in total. The van der Waals surface area contributed by atoms with Crippen LogP contribution in [0, 0.1) is 0 Å². The lowest BCUT2D eigenvalue weighted by Crippen LogP contribution is -2.10. The average Bonchev–Trinajstić information content (AvgIpc) is 2.69. The molecule has 0 amide bonds. The van der Waals surface area contributed by atoms with Gasteiger partial charge in [0.1, 0.15) is 17.0 Å². The van der Waals surface area contributed by atoms with Crippen LogP contribution in [0.4, 0.5) is 13.2 Å². The summed E-state index contributed by atoms with van der Waals surface area (Å²) in [7, 11) is 0. The molecule has 20 heavy (non-hydrogen) atoms. The molecular weight excluding hydrogens is 277 g/mol. The smallest absolute Gasteiger partial charge is 0.434 e. The number of ether oxygens (including phenoxy) is 1. The Balaban J connectivity index is 2.61. The Morgan fingerprint density at radius 3 is 2.55 bits per heavy atom. The maximum absolute atomic E-state index is 12.6. The topological polar surface area (TPSA) is 63.8 Å². The molecule has 0 spiro atoms. The van der Waals surface area contributed by atoms with E-state index in [-0.39, 0.29) is 23.1 Å². The van der Waals surface area contributed by atoms with Gasteiger partial charge in [-0.05, 0) is 13.8 Å². The van der Waals surface area contributed by atoms with E-state index >= 15 is 0 Å². The molecule has 0 aliphatic rings. The quantitative estimate of drug-likeness (QED) is 0.943. The number of aromatic nitrogens is 2.